The van der Waals surface area contributed by atoms with E-state index >= 15 is 0 Å². The Bertz CT molecular complexity index is 797. The number of nitrogens with zero attached hydrogens (tertiary/aromatic N) is 1. The quantitative estimate of drug-likeness (QED) is 0.654. The average molecular weight is 335 g/mol. The molecule has 0 saturated heterocycles. The van der Waals surface area contributed by atoms with Crippen molar-refractivity contribution in [2.75, 3.05) is 5.32 Å². The minimum absolute atomic E-state index is 0.109. The molecule has 2 aromatic rings. The fourth-order valence-electron chi connectivity index (χ4n) is 1.68. The molecule has 22 heavy (non-hydrogen) atoms. The fraction of sp³-hybridized carbons (Fsp3) is 0. The first kappa shape index (κ1) is 16.0. The molecule has 0 aliphatic rings. The van der Waals surface area contributed by atoms with E-state index in [1.807, 2.05) is 6.07 Å². The van der Waals surface area contributed by atoms with E-state index in [9.17, 15) is 9.18 Å². The van der Waals surface area contributed by atoms with Crippen LogP contribution in [0.2, 0.25) is 10.0 Å². The lowest BCUT2D eigenvalue weighted by Crippen LogP contribution is -2.13. The zero-order chi connectivity index (χ0) is 16.1. The zero-order valence-corrected chi connectivity index (χ0v) is 12.6. The van der Waals surface area contributed by atoms with Gasteiger partial charge in [-0.2, -0.15) is 5.26 Å². The van der Waals surface area contributed by atoms with Crippen molar-refractivity contribution >= 4 is 40.9 Å². The van der Waals surface area contributed by atoms with Gasteiger partial charge in [0.2, 0.25) is 0 Å². The summed E-state index contributed by atoms with van der Waals surface area (Å²) in [6.45, 7) is 0. The first-order chi connectivity index (χ1) is 10.5. The van der Waals surface area contributed by atoms with E-state index in [0.717, 1.165) is 6.07 Å². The number of carbonyl (C=O) groups is 1. The molecule has 0 unspecified atom stereocenters. The number of nitrogens with one attached hydrogen (secondary N) is 1. The van der Waals surface area contributed by atoms with Crippen molar-refractivity contribution in [3.63, 3.8) is 0 Å². The summed E-state index contributed by atoms with van der Waals surface area (Å²) in [5.74, 6) is -1.21. The van der Waals surface area contributed by atoms with Crippen LogP contribution in [0.15, 0.2) is 48.0 Å². The Hall–Kier alpha value is -2.35. The summed E-state index contributed by atoms with van der Waals surface area (Å²) in [5, 5.41) is 12.0. The van der Waals surface area contributed by atoms with Gasteiger partial charge in [-0.15, -0.1) is 0 Å². The highest BCUT2D eigenvalue weighted by molar-refractivity contribution is 6.31. The summed E-state index contributed by atoms with van der Waals surface area (Å²) in [6.07, 6.45) is 1.41. The van der Waals surface area contributed by atoms with Gasteiger partial charge < -0.3 is 5.32 Å². The van der Waals surface area contributed by atoms with Crippen molar-refractivity contribution in [2.45, 2.75) is 0 Å². The summed E-state index contributed by atoms with van der Waals surface area (Å²) in [5.41, 5.74) is 0.808. The van der Waals surface area contributed by atoms with Gasteiger partial charge in [-0.05, 0) is 42.0 Å². The van der Waals surface area contributed by atoms with Crippen LogP contribution in [0.1, 0.15) is 5.56 Å². The number of benzene rings is 2. The van der Waals surface area contributed by atoms with Gasteiger partial charge in [0.25, 0.3) is 5.91 Å². The monoisotopic (exact) mass is 334 g/mol. The molecule has 110 valence electrons. The van der Waals surface area contributed by atoms with Crippen molar-refractivity contribution in [1.29, 1.82) is 5.26 Å². The molecule has 0 aliphatic heterocycles. The van der Waals surface area contributed by atoms with Gasteiger partial charge in [0, 0.05) is 10.7 Å². The van der Waals surface area contributed by atoms with Crippen LogP contribution in [0.3, 0.4) is 0 Å². The predicted octanol–water partition coefficient (Wildman–Crippen LogP) is 4.68. The Kier molecular flexibility index (Phi) is 5.16. The van der Waals surface area contributed by atoms with Crippen LogP contribution in [-0.2, 0) is 4.79 Å². The third kappa shape index (κ3) is 4.08. The second-order valence-electron chi connectivity index (χ2n) is 4.31. The Morgan fingerprint density at radius 3 is 2.64 bits per heavy atom. The van der Waals surface area contributed by atoms with Crippen molar-refractivity contribution in [2.24, 2.45) is 0 Å². The first-order valence-corrected chi connectivity index (χ1v) is 6.89. The maximum atomic E-state index is 13.1. The number of halogens is 3. The number of rotatable bonds is 3. The van der Waals surface area contributed by atoms with Gasteiger partial charge in [0.15, 0.2) is 0 Å². The fourth-order valence-corrected chi connectivity index (χ4v) is 2.06. The summed E-state index contributed by atoms with van der Waals surface area (Å²) >= 11 is 11.5. The minimum Gasteiger partial charge on any atom is -0.321 e. The van der Waals surface area contributed by atoms with E-state index in [4.69, 9.17) is 28.5 Å². The first-order valence-electron chi connectivity index (χ1n) is 6.13. The van der Waals surface area contributed by atoms with Crippen LogP contribution >= 0.6 is 23.2 Å². The SMILES string of the molecule is N#C/C(=C\c1cccc(Cl)c1)C(=O)Nc1ccc(F)c(Cl)c1. The smallest absolute Gasteiger partial charge is 0.266 e. The third-order valence-electron chi connectivity index (χ3n) is 2.70. The number of hydrogen-bond acceptors (Lipinski definition) is 2. The van der Waals surface area contributed by atoms with Crippen molar-refractivity contribution in [1.82, 2.24) is 0 Å². The third-order valence-corrected chi connectivity index (χ3v) is 3.23. The summed E-state index contributed by atoms with van der Waals surface area (Å²) in [4.78, 5) is 12.1. The molecule has 1 N–H and O–H groups in total. The molecule has 0 aliphatic carbocycles. The predicted molar refractivity (Wildman–Crippen MR) is 85.1 cm³/mol. The number of nitriles is 1. The van der Waals surface area contributed by atoms with Gasteiger partial charge in [0.1, 0.15) is 17.5 Å². The lowest BCUT2D eigenvalue weighted by molar-refractivity contribution is -0.112. The van der Waals surface area contributed by atoms with Crippen molar-refractivity contribution in [3.05, 3.63) is 69.5 Å². The number of amides is 1. The van der Waals surface area contributed by atoms with Crippen molar-refractivity contribution < 1.29 is 9.18 Å². The molecule has 2 aromatic carbocycles. The average Bonchev–Trinajstić information content (AvgIpc) is 2.48. The second-order valence-corrected chi connectivity index (χ2v) is 5.15. The molecule has 0 atom stereocenters. The Morgan fingerprint density at radius 1 is 1.23 bits per heavy atom. The van der Waals surface area contributed by atoms with Gasteiger partial charge in [-0.1, -0.05) is 35.3 Å². The molecule has 0 aromatic heterocycles. The van der Waals surface area contributed by atoms with Crippen LogP contribution < -0.4 is 5.32 Å². The molecular weight excluding hydrogens is 326 g/mol. The summed E-state index contributed by atoms with van der Waals surface area (Å²) in [6, 6.07) is 12.3. The highest BCUT2D eigenvalue weighted by Gasteiger charge is 2.10. The maximum absolute atomic E-state index is 13.1. The maximum Gasteiger partial charge on any atom is 0.266 e. The highest BCUT2D eigenvalue weighted by Crippen LogP contribution is 2.20. The number of anilines is 1. The molecule has 1 amide bonds. The molecule has 3 nitrogen and oxygen atoms in total. The molecule has 0 fully saturated rings. The number of carbonyl (C=O) groups excluding carboxylic acids is 1. The van der Waals surface area contributed by atoms with Crippen LogP contribution in [0.4, 0.5) is 10.1 Å². The van der Waals surface area contributed by atoms with Crippen LogP contribution in [0.5, 0.6) is 0 Å². The zero-order valence-electron chi connectivity index (χ0n) is 11.1. The van der Waals surface area contributed by atoms with E-state index in [1.54, 1.807) is 24.3 Å². The van der Waals surface area contributed by atoms with E-state index in [-0.39, 0.29) is 10.6 Å². The topological polar surface area (TPSA) is 52.9 Å². The Balaban J connectivity index is 2.22. The standard InChI is InChI=1S/C16H9Cl2FN2O/c17-12-3-1-2-10(7-12)6-11(9-20)16(22)21-13-4-5-15(19)14(18)8-13/h1-8H,(H,21,22)/b11-6+. The lowest BCUT2D eigenvalue weighted by Gasteiger charge is -2.05. The van der Waals surface area contributed by atoms with Crippen molar-refractivity contribution in [3.8, 4) is 6.07 Å². The van der Waals surface area contributed by atoms with Gasteiger partial charge in [0.05, 0.1) is 5.02 Å². The van der Waals surface area contributed by atoms with Gasteiger partial charge in [-0.25, -0.2) is 4.39 Å². The molecular formula is C16H9Cl2FN2O. The molecule has 6 heteroatoms. The van der Waals surface area contributed by atoms with Crippen LogP contribution in [0, 0.1) is 17.1 Å². The Morgan fingerprint density at radius 2 is 2.00 bits per heavy atom. The number of hydrogen-bond donors (Lipinski definition) is 1. The molecule has 0 heterocycles. The molecule has 0 radical (unpaired) electrons. The van der Waals surface area contributed by atoms with E-state index in [2.05, 4.69) is 5.32 Å². The molecule has 0 saturated carbocycles. The molecule has 0 bridgehead atoms. The molecule has 2 rings (SSSR count). The second kappa shape index (κ2) is 7.08. The van der Waals surface area contributed by atoms with Crippen LogP contribution in [0.25, 0.3) is 6.08 Å². The van der Waals surface area contributed by atoms with Gasteiger partial charge >= 0.3 is 0 Å². The largest absolute Gasteiger partial charge is 0.321 e. The van der Waals surface area contributed by atoms with E-state index < -0.39 is 11.7 Å². The lowest BCUT2D eigenvalue weighted by atomic mass is 10.1. The normalized spacial score (nSPS) is 10.9. The summed E-state index contributed by atoms with van der Waals surface area (Å²) in [7, 11) is 0. The highest BCUT2D eigenvalue weighted by atomic mass is 35.5. The summed E-state index contributed by atoms with van der Waals surface area (Å²) < 4.78 is 13.1. The van der Waals surface area contributed by atoms with Crippen LogP contribution in [-0.4, -0.2) is 5.91 Å². The molecule has 0 spiro atoms. The Labute approximate surface area is 136 Å². The van der Waals surface area contributed by atoms with E-state index in [0.29, 0.717) is 16.3 Å². The minimum atomic E-state index is -0.620. The van der Waals surface area contributed by atoms with E-state index in [1.165, 1.54) is 18.2 Å². The van der Waals surface area contributed by atoms with Gasteiger partial charge in [-0.3, -0.25) is 4.79 Å².